The highest BCUT2D eigenvalue weighted by Crippen LogP contribution is 2.39. The van der Waals surface area contributed by atoms with E-state index in [-0.39, 0.29) is 5.69 Å². The van der Waals surface area contributed by atoms with E-state index in [1.807, 2.05) is 30.3 Å². The molecule has 0 atom stereocenters. The zero-order chi connectivity index (χ0) is 20.8. The van der Waals surface area contributed by atoms with E-state index in [1.165, 1.54) is 23.3 Å². The van der Waals surface area contributed by atoms with Gasteiger partial charge in [-0.05, 0) is 61.1 Å². The van der Waals surface area contributed by atoms with E-state index in [1.54, 1.807) is 23.7 Å². The van der Waals surface area contributed by atoms with Gasteiger partial charge in [0.05, 0.1) is 16.4 Å². The minimum Gasteiger partial charge on any atom is -0.365 e. The Morgan fingerprint density at radius 1 is 1.06 bits per heavy atom. The number of rotatable bonds is 4. The van der Waals surface area contributed by atoms with Crippen molar-refractivity contribution in [3.8, 4) is 11.4 Å². The molecule has 0 fully saturated rings. The van der Waals surface area contributed by atoms with Gasteiger partial charge in [-0.25, -0.2) is 14.8 Å². The Morgan fingerprint density at radius 3 is 2.87 bits per heavy atom. The highest BCUT2D eigenvalue weighted by Gasteiger charge is 2.21. The summed E-state index contributed by atoms with van der Waals surface area (Å²) in [5.41, 5.74) is 4.80. The first kappa shape index (κ1) is 18.3. The van der Waals surface area contributed by atoms with Crippen LogP contribution in [0.2, 0.25) is 0 Å². The van der Waals surface area contributed by atoms with Gasteiger partial charge in [-0.1, -0.05) is 6.07 Å². The summed E-state index contributed by atoms with van der Waals surface area (Å²) in [6, 6.07) is 9.82. The molecule has 8 heteroatoms. The maximum Gasteiger partial charge on any atom is 0.323 e. The number of hydrogen-bond donors (Lipinski definition) is 3. The maximum absolute atomic E-state index is 11.6. The molecular weight excluding hydrogens is 408 g/mol. The van der Waals surface area contributed by atoms with Crippen LogP contribution in [0.3, 0.4) is 0 Å². The van der Waals surface area contributed by atoms with Crippen LogP contribution in [0.15, 0.2) is 47.5 Å². The number of nitrogens with zero attached hydrogens (tertiary/aromatic N) is 3. The Labute approximate surface area is 181 Å². The quantitative estimate of drug-likeness (QED) is 0.394. The van der Waals surface area contributed by atoms with Gasteiger partial charge in [-0.15, -0.1) is 11.3 Å². The minimum absolute atomic E-state index is 0.191. The molecule has 0 unspecified atom stereocenters. The van der Waals surface area contributed by atoms with Crippen LogP contribution in [0.4, 0.5) is 5.82 Å². The summed E-state index contributed by atoms with van der Waals surface area (Å²) in [5.74, 6) is 1.55. The van der Waals surface area contributed by atoms with Crippen molar-refractivity contribution in [2.24, 2.45) is 0 Å². The van der Waals surface area contributed by atoms with E-state index in [2.05, 4.69) is 20.3 Å². The van der Waals surface area contributed by atoms with E-state index in [0.29, 0.717) is 12.4 Å². The van der Waals surface area contributed by atoms with E-state index < -0.39 is 0 Å². The minimum atomic E-state index is -0.191. The fraction of sp³-hybridized carbons (Fsp3) is 0.217. The Kier molecular flexibility index (Phi) is 4.31. The fourth-order valence-corrected chi connectivity index (χ4v) is 5.55. The summed E-state index contributed by atoms with van der Waals surface area (Å²) < 4.78 is 0. The summed E-state index contributed by atoms with van der Waals surface area (Å²) in [5, 5.41) is 4.71. The van der Waals surface area contributed by atoms with Gasteiger partial charge in [0.25, 0.3) is 0 Å². The van der Waals surface area contributed by atoms with Crippen LogP contribution >= 0.6 is 11.3 Å². The number of hydrogen-bond acceptors (Lipinski definition) is 6. The summed E-state index contributed by atoms with van der Waals surface area (Å²) >= 11 is 1.79. The van der Waals surface area contributed by atoms with Gasteiger partial charge in [0, 0.05) is 29.4 Å². The number of H-pyrrole nitrogens is 2. The van der Waals surface area contributed by atoms with Crippen LogP contribution < -0.4 is 11.0 Å². The Morgan fingerprint density at radius 2 is 1.97 bits per heavy atom. The fourth-order valence-electron chi connectivity index (χ4n) is 4.28. The first-order valence-electron chi connectivity index (χ1n) is 10.4. The molecule has 0 bridgehead atoms. The predicted molar refractivity (Wildman–Crippen MR) is 124 cm³/mol. The van der Waals surface area contributed by atoms with E-state index >= 15 is 0 Å². The molecule has 0 radical (unpaired) electrons. The van der Waals surface area contributed by atoms with Crippen LogP contribution in [0, 0.1) is 0 Å². The Bertz CT molecular complexity index is 1470. The van der Waals surface area contributed by atoms with Crippen molar-refractivity contribution in [2.75, 3.05) is 5.32 Å². The van der Waals surface area contributed by atoms with Crippen molar-refractivity contribution >= 4 is 38.4 Å². The molecule has 4 aromatic heterocycles. The lowest BCUT2D eigenvalue weighted by atomic mass is 9.97. The molecule has 1 aliphatic rings. The van der Waals surface area contributed by atoms with Gasteiger partial charge in [-0.2, -0.15) is 0 Å². The molecule has 0 amide bonds. The summed E-state index contributed by atoms with van der Waals surface area (Å²) in [4.78, 5) is 33.7. The first-order chi connectivity index (χ1) is 15.2. The van der Waals surface area contributed by atoms with Crippen molar-refractivity contribution < 1.29 is 0 Å². The lowest BCUT2D eigenvalue weighted by molar-refractivity contribution is 0.700. The molecule has 1 aromatic carbocycles. The Balaban J connectivity index is 1.43. The average Bonchev–Trinajstić information content (AvgIpc) is 3.36. The molecule has 6 rings (SSSR count). The van der Waals surface area contributed by atoms with E-state index in [9.17, 15) is 4.79 Å². The zero-order valence-corrected chi connectivity index (χ0v) is 17.6. The van der Waals surface area contributed by atoms with Crippen molar-refractivity contribution in [1.82, 2.24) is 24.9 Å². The molecule has 0 saturated carbocycles. The Hall–Kier alpha value is -3.52. The number of benzene rings is 1. The molecule has 0 saturated heterocycles. The number of aromatic nitrogens is 5. The van der Waals surface area contributed by atoms with Crippen LogP contribution in [-0.2, 0) is 19.4 Å². The normalized spacial score (nSPS) is 13.5. The van der Waals surface area contributed by atoms with Gasteiger partial charge in [0.2, 0.25) is 0 Å². The second kappa shape index (κ2) is 7.31. The summed E-state index contributed by atoms with van der Waals surface area (Å²) in [6.07, 6.45) is 8.20. The number of aryl methyl sites for hydroxylation is 2. The lowest BCUT2D eigenvalue weighted by Crippen LogP contribution is -2.06. The highest BCUT2D eigenvalue weighted by molar-refractivity contribution is 7.19. The van der Waals surface area contributed by atoms with Gasteiger partial charge in [0.1, 0.15) is 10.6 Å². The molecule has 154 valence electrons. The number of thiophene rings is 1. The molecular formula is C23H20N6OS. The average molecular weight is 429 g/mol. The zero-order valence-electron chi connectivity index (χ0n) is 16.7. The van der Waals surface area contributed by atoms with Gasteiger partial charge in [0.15, 0.2) is 5.82 Å². The number of fused-ring (bicyclic) bond motifs is 4. The first-order valence-corrected chi connectivity index (χ1v) is 11.2. The van der Waals surface area contributed by atoms with Crippen molar-refractivity contribution in [3.63, 3.8) is 0 Å². The third-order valence-electron chi connectivity index (χ3n) is 5.77. The van der Waals surface area contributed by atoms with Gasteiger partial charge < -0.3 is 15.3 Å². The number of nitrogens with one attached hydrogen (secondary N) is 3. The van der Waals surface area contributed by atoms with Crippen LogP contribution in [0.25, 0.3) is 32.6 Å². The van der Waals surface area contributed by atoms with Crippen LogP contribution in [-0.4, -0.2) is 24.9 Å². The van der Waals surface area contributed by atoms with Crippen molar-refractivity contribution in [1.29, 1.82) is 0 Å². The third kappa shape index (κ3) is 3.29. The van der Waals surface area contributed by atoms with E-state index in [4.69, 9.17) is 9.97 Å². The van der Waals surface area contributed by atoms with E-state index in [0.717, 1.165) is 51.0 Å². The lowest BCUT2D eigenvalue weighted by Gasteiger charge is -2.13. The molecule has 5 aromatic rings. The van der Waals surface area contributed by atoms with Crippen LogP contribution in [0.5, 0.6) is 0 Å². The second-order valence-electron chi connectivity index (χ2n) is 7.84. The monoisotopic (exact) mass is 428 g/mol. The summed E-state index contributed by atoms with van der Waals surface area (Å²) in [6.45, 7) is 0.604. The topological polar surface area (TPSA) is 99.3 Å². The number of anilines is 1. The maximum atomic E-state index is 11.6. The number of pyridine rings is 1. The standard InChI is InChI=1S/C23H20N6OS/c30-23-26-16-8-7-13(10-17(16)27-23)11-25-21-19-15-5-1-2-6-18(15)31-22(19)29-20(28-21)14-4-3-9-24-12-14/h3-4,7-10,12H,1-2,5-6,11H2,(H,25,28,29)(H2,26,27,30). The van der Waals surface area contributed by atoms with Crippen molar-refractivity contribution in [3.05, 3.63) is 69.2 Å². The predicted octanol–water partition coefficient (Wildman–Crippen LogP) is 4.41. The second-order valence-corrected chi connectivity index (χ2v) is 8.92. The molecule has 1 aliphatic carbocycles. The molecule has 0 spiro atoms. The third-order valence-corrected chi connectivity index (χ3v) is 6.96. The molecule has 7 nitrogen and oxygen atoms in total. The van der Waals surface area contributed by atoms with Crippen molar-refractivity contribution in [2.45, 2.75) is 32.2 Å². The smallest absolute Gasteiger partial charge is 0.323 e. The largest absolute Gasteiger partial charge is 0.365 e. The SMILES string of the molecule is O=c1[nH]c2ccc(CNc3nc(-c4cccnc4)nc4sc5c(c34)CCCC5)cc2[nH]1. The summed E-state index contributed by atoms with van der Waals surface area (Å²) in [7, 11) is 0. The van der Waals surface area contributed by atoms with Crippen LogP contribution in [0.1, 0.15) is 28.8 Å². The number of imidazole rings is 1. The highest BCUT2D eigenvalue weighted by atomic mass is 32.1. The molecule has 3 N–H and O–H groups in total. The van der Waals surface area contributed by atoms with Gasteiger partial charge in [-0.3, -0.25) is 4.98 Å². The molecule has 0 aliphatic heterocycles. The molecule has 4 heterocycles. The number of aromatic amines is 2. The van der Waals surface area contributed by atoms with Gasteiger partial charge >= 0.3 is 5.69 Å². The molecule has 31 heavy (non-hydrogen) atoms.